The Bertz CT molecular complexity index is 997. The minimum Gasteiger partial charge on any atom is -0.494 e. The number of pyridine rings is 2. The van der Waals surface area contributed by atoms with Gasteiger partial charge in [-0.1, -0.05) is 0 Å². The van der Waals surface area contributed by atoms with Crippen LogP contribution >= 0.6 is 0 Å². The maximum Gasteiger partial charge on any atom is 0.146 e. The van der Waals surface area contributed by atoms with Crippen molar-refractivity contribution in [1.82, 2.24) is 19.9 Å². The lowest BCUT2D eigenvalue weighted by Gasteiger charge is -2.28. The summed E-state index contributed by atoms with van der Waals surface area (Å²) in [5.74, 6) is 1.63. The van der Waals surface area contributed by atoms with E-state index in [2.05, 4.69) is 33.5 Å². The van der Waals surface area contributed by atoms with Crippen LogP contribution in [0.25, 0.3) is 16.6 Å². The molecule has 1 aliphatic rings. The molecule has 4 heterocycles. The summed E-state index contributed by atoms with van der Waals surface area (Å²) < 4.78 is 7.19. The molecule has 1 saturated heterocycles. The van der Waals surface area contributed by atoms with Crippen molar-refractivity contribution in [3.8, 4) is 22.9 Å². The first-order valence-electron chi connectivity index (χ1n) is 8.60. The van der Waals surface area contributed by atoms with Crippen LogP contribution in [0.4, 0.5) is 5.82 Å². The van der Waals surface area contributed by atoms with Crippen LogP contribution in [-0.4, -0.2) is 47.9 Å². The predicted molar refractivity (Wildman–Crippen MR) is 99.5 cm³/mol. The van der Waals surface area contributed by atoms with Gasteiger partial charge in [-0.2, -0.15) is 10.4 Å². The van der Waals surface area contributed by atoms with Crippen LogP contribution in [0.2, 0.25) is 0 Å². The molecular formula is C19H20N6O. The zero-order valence-corrected chi connectivity index (χ0v) is 14.9. The van der Waals surface area contributed by atoms with Crippen LogP contribution in [0, 0.1) is 18.3 Å². The van der Waals surface area contributed by atoms with Crippen molar-refractivity contribution in [2.24, 2.45) is 0 Å². The number of hydrogen-bond acceptors (Lipinski definition) is 6. The summed E-state index contributed by atoms with van der Waals surface area (Å²) >= 11 is 0. The molecule has 0 unspecified atom stereocenters. The van der Waals surface area contributed by atoms with E-state index in [0.717, 1.165) is 48.8 Å². The highest BCUT2D eigenvalue weighted by Gasteiger charge is 2.16. The topological polar surface area (TPSA) is 78.5 Å². The second kappa shape index (κ2) is 6.65. The average molecular weight is 348 g/mol. The number of aryl methyl sites for hydroxylation is 1. The Morgan fingerprint density at radius 2 is 2.08 bits per heavy atom. The molecule has 0 atom stereocenters. The molecule has 3 aromatic rings. The maximum absolute atomic E-state index is 9.25. The first-order valence-corrected chi connectivity index (χ1v) is 8.60. The van der Waals surface area contributed by atoms with E-state index in [1.807, 2.05) is 19.2 Å². The van der Waals surface area contributed by atoms with Crippen molar-refractivity contribution in [3.63, 3.8) is 0 Å². The van der Waals surface area contributed by atoms with Crippen LogP contribution in [0.5, 0.6) is 5.75 Å². The van der Waals surface area contributed by atoms with Gasteiger partial charge in [-0.25, -0.2) is 9.50 Å². The highest BCUT2D eigenvalue weighted by atomic mass is 16.5. The van der Waals surface area contributed by atoms with Crippen molar-refractivity contribution in [2.75, 3.05) is 38.2 Å². The van der Waals surface area contributed by atoms with E-state index in [-0.39, 0.29) is 0 Å². The fourth-order valence-electron chi connectivity index (χ4n) is 3.39. The molecule has 0 radical (unpaired) electrons. The van der Waals surface area contributed by atoms with Crippen molar-refractivity contribution in [3.05, 3.63) is 41.9 Å². The maximum atomic E-state index is 9.25. The molecule has 0 aromatic carbocycles. The lowest BCUT2D eigenvalue weighted by molar-refractivity contribution is 0.417. The van der Waals surface area contributed by atoms with Gasteiger partial charge in [0, 0.05) is 49.2 Å². The number of rotatable bonds is 3. The minimum atomic E-state index is 0.498. The molecular weight excluding hydrogens is 328 g/mol. The Labute approximate surface area is 151 Å². The van der Waals surface area contributed by atoms with E-state index >= 15 is 0 Å². The van der Waals surface area contributed by atoms with Crippen LogP contribution in [0.15, 0.2) is 30.6 Å². The number of ether oxygens (including phenoxy) is 1. The Morgan fingerprint density at radius 1 is 1.27 bits per heavy atom. The van der Waals surface area contributed by atoms with Crippen LogP contribution < -0.4 is 15.0 Å². The van der Waals surface area contributed by atoms with E-state index in [1.165, 1.54) is 0 Å². The molecule has 1 aliphatic heterocycles. The molecule has 0 spiro atoms. The van der Waals surface area contributed by atoms with E-state index in [4.69, 9.17) is 9.72 Å². The summed E-state index contributed by atoms with van der Waals surface area (Å²) in [7, 11) is 1.60. The third kappa shape index (κ3) is 2.74. The molecule has 1 fully saturated rings. The van der Waals surface area contributed by atoms with E-state index < -0.39 is 0 Å². The molecule has 3 aromatic heterocycles. The number of hydrogen-bond donors (Lipinski definition) is 1. The van der Waals surface area contributed by atoms with Crippen LogP contribution in [0.1, 0.15) is 11.3 Å². The van der Waals surface area contributed by atoms with Crippen molar-refractivity contribution >= 4 is 11.3 Å². The van der Waals surface area contributed by atoms with Gasteiger partial charge in [0.1, 0.15) is 28.7 Å². The molecule has 7 heteroatoms. The highest BCUT2D eigenvalue weighted by molar-refractivity contribution is 5.76. The van der Waals surface area contributed by atoms with Gasteiger partial charge in [0.05, 0.1) is 13.3 Å². The first kappa shape index (κ1) is 16.4. The molecule has 0 saturated carbocycles. The third-order valence-electron chi connectivity index (χ3n) is 4.74. The summed E-state index contributed by atoms with van der Waals surface area (Å²) in [4.78, 5) is 7.10. The number of fused-ring (bicyclic) bond motifs is 1. The lowest BCUT2D eigenvalue weighted by atomic mass is 10.1. The zero-order chi connectivity index (χ0) is 18.1. The number of nitriles is 1. The van der Waals surface area contributed by atoms with Gasteiger partial charge >= 0.3 is 0 Å². The number of nitrogens with one attached hydrogen (secondary N) is 1. The normalized spacial score (nSPS) is 14.4. The number of nitrogens with zero attached hydrogens (tertiary/aromatic N) is 5. The smallest absolute Gasteiger partial charge is 0.146 e. The second-order valence-electron chi connectivity index (χ2n) is 6.30. The Kier molecular flexibility index (Phi) is 4.19. The number of methoxy groups -OCH3 is 1. The van der Waals surface area contributed by atoms with Gasteiger partial charge in [-0.3, -0.25) is 0 Å². The van der Waals surface area contributed by atoms with Crippen molar-refractivity contribution < 1.29 is 4.74 Å². The standard InChI is InChI=1S/C19H20N6O/c1-13-16(3-4-18(23-13)24-7-5-21-6-8-24)14-9-17(26-2)19-15(10-20)11-22-25(19)12-14/h3-4,9,11-12,21H,5-8H2,1-2H3. The van der Waals surface area contributed by atoms with Crippen molar-refractivity contribution in [1.29, 1.82) is 5.26 Å². The lowest BCUT2D eigenvalue weighted by Crippen LogP contribution is -2.43. The van der Waals surface area contributed by atoms with Gasteiger partial charge in [-0.05, 0) is 25.1 Å². The molecule has 4 rings (SSSR count). The van der Waals surface area contributed by atoms with Gasteiger partial charge in [0.2, 0.25) is 0 Å². The summed E-state index contributed by atoms with van der Waals surface area (Å²) in [6.07, 6.45) is 3.47. The Balaban J connectivity index is 1.76. The van der Waals surface area contributed by atoms with Crippen LogP contribution in [-0.2, 0) is 0 Å². The summed E-state index contributed by atoms with van der Waals surface area (Å²) in [5.41, 5.74) is 4.12. The van der Waals surface area contributed by atoms with Crippen molar-refractivity contribution in [2.45, 2.75) is 6.92 Å². The molecule has 132 valence electrons. The number of anilines is 1. The van der Waals surface area contributed by atoms with Gasteiger partial charge in [0.25, 0.3) is 0 Å². The van der Waals surface area contributed by atoms with Gasteiger partial charge < -0.3 is 15.0 Å². The third-order valence-corrected chi connectivity index (χ3v) is 4.74. The predicted octanol–water partition coefficient (Wildman–Crippen LogP) is 1.99. The number of aromatic nitrogens is 3. The summed E-state index contributed by atoms with van der Waals surface area (Å²) in [6.45, 7) is 5.92. The first-order chi connectivity index (χ1) is 12.7. The molecule has 7 nitrogen and oxygen atoms in total. The Hall–Kier alpha value is -3.11. The average Bonchev–Trinajstić information content (AvgIpc) is 3.11. The molecule has 1 N–H and O–H groups in total. The van der Waals surface area contributed by atoms with Gasteiger partial charge in [-0.15, -0.1) is 0 Å². The Morgan fingerprint density at radius 3 is 2.77 bits per heavy atom. The molecule has 0 aliphatic carbocycles. The van der Waals surface area contributed by atoms with Gasteiger partial charge in [0.15, 0.2) is 0 Å². The summed E-state index contributed by atoms with van der Waals surface area (Å²) in [5, 5.41) is 16.9. The number of piperazine rings is 1. The van der Waals surface area contributed by atoms with E-state index in [0.29, 0.717) is 16.8 Å². The SMILES string of the molecule is COc1cc(-c2ccc(N3CCNCC3)nc2C)cn2ncc(C#N)c12. The fourth-order valence-corrected chi connectivity index (χ4v) is 3.39. The second-order valence-corrected chi connectivity index (χ2v) is 6.30. The summed E-state index contributed by atoms with van der Waals surface area (Å²) in [6, 6.07) is 8.25. The minimum absolute atomic E-state index is 0.498. The van der Waals surface area contributed by atoms with Crippen LogP contribution in [0.3, 0.4) is 0 Å². The molecule has 0 amide bonds. The highest BCUT2D eigenvalue weighted by Crippen LogP contribution is 2.31. The quantitative estimate of drug-likeness (QED) is 0.780. The molecule has 0 bridgehead atoms. The molecule has 26 heavy (non-hydrogen) atoms. The van der Waals surface area contributed by atoms with E-state index in [9.17, 15) is 5.26 Å². The van der Waals surface area contributed by atoms with E-state index in [1.54, 1.807) is 17.8 Å². The zero-order valence-electron chi connectivity index (χ0n) is 14.9. The monoisotopic (exact) mass is 348 g/mol. The fraction of sp³-hybridized carbons (Fsp3) is 0.316. The largest absolute Gasteiger partial charge is 0.494 e.